The van der Waals surface area contributed by atoms with E-state index in [1.54, 1.807) is 18.7 Å². The number of rotatable bonds is 4. The van der Waals surface area contributed by atoms with Crippen LogP contribution in [0.5, 0.6) is 0 Å². The predicted octanol–water partition coefficient (Wildman–Crippen LogP) is 2.31. The lowest BCUT2D eigenvalue weighted by molar-refractivity contribution is -0.143. The number of carbonyl (C=O) groups is 2. The minimum absolute atomic E-state index is 0.208. The second kappa shape index (κ2) is 7.19. The molecule has 7 heteroatoms. The molecule has 1 amide bonds. The molecule has 1 aromatic heterocycles. The Morgan fingerprint density at radius 3 is 2.23 bits per heavy atom. The van der Waals surface area contributed by atoms with Gasteiger partial charge in [0.15, 0.2) is 0 Å². The molecule has 1 aromatic carbocycles. The van der Waals surface area contributed by atoms with Crippen molar-refractivity contribution in [3.8, 4) is 5.69 Å². The van der Waals surface area contributed by atoms with Gasteiger partial charge in [0.25, 0.3) is 5.56 Å². The zero-order valence-electron chi connectivity index (χ0n) is 14.9. The van der Waals surface area contributed by atoms with Gasteiger partial charge in [0, 0.05) is 13.0 Å². The highest BCUT2D eigenvalue weighted by atomic mass is 16.4. The molecular weight excluding hydrogens is 334 g/mol. The molecule has 0 radical (unpaired) electrons. The highest BCUT2D eigenvalue weighted by molar-refractivity contribution is 5.93. The Morgan fingerprint density at radius 2 is 1.65 bits per heavy atom. The molecule has 0 aliphatic heterocycles. The van der Waals surface area contributed by atoms with E-state index in [-0.39, 0.29) is 29.0 Å². The molecule has 2 aromatic rings. The third-order valence-electron chi connectivity index (χ3n) is 5.25. The third-order valence-corrected chi connectivity index (χ3v) is 5.25. The minimum atomic E-state index is -0.798. The van der Waals surface area contributed by atoms with Gasteiger partial charge in [-0.25, -0.2) is 4.68 Å². The summed E-state index contributed by atoms with van der Waals surface area (Å²) < 4.78 is 3.24. The van der Waals surface area contributed by atoms with Gasteiger partial charge >= 0.3 is 5.97 Å². The molecule has 3 rings (SSSR count). The van der Waals surface area contributed by atoms with Crippen molar-refractivity contribution < 1.29 is 14.7 Å². The topological polar surface area (TPSA) is 93.3 Å². The summed E-state index contributed by atoms with van der Waals surface area (Å²) in [6.07, 6.45) is 2.05. The number of hydrogen-bond donors (Lipinski definition) is 2. The van der Waals surface area contributed by atoms with Crippen molar-refractivity contribution in [3.05, 3.63) is 46.4 Å². The lowest BCUT2D eigenvalue weighted by Gasteiger charge is -2.25. The number of carbonyl (C=O) groups excluding carboxylic acids is 1. The first-order valence-electron chi connectivity index (χ1n) is 8.78. The van der Waals surface area contributed by atoms with Crippen LogP contribution in [0.4, 0.5) is 5.69 Å². The van der Waals surface area contributed by atoms with E-state index in [0.29, 0.717) is 31.4 Å². The van der Waals surface area contributed by atoms with Crippen molar-refractivity contribution in [1.29, 1.82) is 0 Å². The Balaban J connectivity index is 1.80. The number of carboxylic acid groups (broad SMARTS) is 1. The van der Waals surface area contributed by atoms with Gasteiger partial charge in [-0.05, 0) is 44.7 Å². The summed E-state index contributed by atoms with van der Waals surface area (Å²) in [5, 5.41) is 11.8. The van der Waals surface area contributed by atoms with Crippen molar-refractivity contribution in [1.82, 2.24) is 9.36 Å². The first kappa shape index (κ1) is 18.0. The summed E-state index contributed by atoms with van der Waals surface area (Å²) in [6.45, 7) is 1.79. The Hall–Kier alpha value is -2.83. The molecule has 26 heavy (non-hydrogen) atoms. The standard InChI is InChI=1S/C19H23N3O4/c1-12-16(18(24)22(21(12)2)15-6-4-3-5-7-15)20-17(23)13-8-10-14(11-9-13)19(25)26/h3-7,13-14H,8-11H2,1-2H3,(H,20,23)(H,25,26). The number of anilines is 1. The number of aliphatic carboxylic acids is 1. The first-order valence-corrected chi connectivity index (χ1v) is 8.78. The van der Waals surface area contributed by atoms with E-state index in [1.165, 1.54) is 4.68 Å². The van der Waals surface area contributed by atoms with Gasteiger partial charge in [-0.15, -0.1) is 0 Å². The number of aromatic nitrogens is 2. The minimum Gasteiger partial charge on any atom is -0.481 e. The van der Waals surface area contributed by atoms with E-state index in [4.69, 9.17) is 5.11 Å². The van der Waals surface area contributed by atoms with E-state index in [2.05, 4.69) is 5.32 Å². The summed E-state index contributed by atoms with van der Waals surface area (Å²) in [5.74, 6) is -1.63. The van der Waals surface area contributed by atoms with Crippen LogP contribution in [0.3, 0.4) is 0 Å². The van der Waals surface area contributed by atoms with Gasteiger partial charge in [-0.1, -0.05) is 18.2 Å². The third kappa shape index (κ3) is 3.29. The van der Waals surface area contributed by atoms with Crippen LogP contribution in [0.25, 0.3) is 5.69 Å². The molecule has 1 saturated carbocycles. The zero-order chi connectivity index (χ0) is 18.8. The van der Waals surface area contributed by atoms with Crippen molar-refractivity contribution in [2.45, 2.75) is 32.6 Å². The fourth-order valence-electron chi connectivity index (χ4n) is 3.54. The maximum Gasteiger partial charge on any atom is 0.306 e. The highest BCUT2D eigenvalue weighted by Gasteiger charge is 2.30. The van der Waals surface area contributed by atoms with E-state index >= 15 is 0 Å². The van der Waals surface area contributed by atoms with Gasteiger partial charge in [0.1, 0.15) is 5.69 Å². The maximum absolute atomic E-state index is 12.8. The number of benzene rings is 1. The Kier molecular flexibility index (Phi) is 4.97. The molecule has 0 unspecified atom stereocenters. The van der Waals surface area contributed by atoms with Crippen molar-refractivity contribution >= 4 is 17.6 Å². The molecule has 1 fully saturated rings. The number of amides is 1. The van der Waals surface area contributed by atoms with E-state index in [0.717, 1.165) is 5.69 Å². The van der Waals surface area contributed by atoms with E-state index < -0.39 is 5.97 Å². The quantitative estimate of drug-likeness (QED) is 0.878. The van der Waals surface area contributed by atoms with E-state index in [9.17, 15) is 14.4 Å². The SMILES string of the molecule is Cc1c(NC(=O)C2CCC(C(=O)O)CC2)c(=O)n(-c2ccccc2)n1C. The van der Waals surface area contributed by atoms with Gasteiger partial charge in [-0.2, -0.15) is 0 Å². The average Bonchev–Trinajstić information content (AvgIpc) is 2.86. The van der Waals surface area contributed by atoms with Gasteiger partial charge in [0.05, 0.1) is 17.3 Å². The van der Waals surface area contributed by atoms with Crippen LogP contribution in [0.2, 0.25) is 0 Å². The van der Waals surface area contributed by atoms with E-state index in [1.807, 2.05) is 30.3 Å². The number of hydrogen-bond acceptors (Lipinski definition) is 3. The molecule has 0 spiro atoms. The number of carboxylic acids is 1. The molecule has 2 N–H and O–H groups in total. The Labute approximate surface area is 151 Å². The zero-order valence-corrected chi connectivity index (χ0v) is 14.9. The van der Waals surface area contributed by atoms with Gasteiger partial charge in [0.2, 0.25) is 5.91 Å². The molecule has 1 aliphatic rings. The highest BCUT2D eigenvalue weighted by Crippen LogP contribution is 2.30. The normalized spacial score (nSPS) is 19.9. The monoisotopic (exact) mass is 357 g/mol. The van der Waals surface area contributed by atoms with Gasteiger partial charge < -0.3 is 10.4 Å². The number of para-hydroxylation sites is 1. The smallest absolute Gasteiger partial charge is 0.306 e. The van der Waals surface area contributed by atoms with Crippen LogP contribution in [-0.2, 0) is 16.6 Å². The summed E-state index contributed by atoms with van der Waals surface area (Å²) in [7, 11) is 1.78. The van der Waals surface area contributed by atoms with Crippen LogP contribution >= 0.6 is 0 Å². The maximum atomic E-state index is 12.8. The molecule has 1 aliphatic carbocycles. The average molecular weight is 357 g/mol. The van der Waals surface area contributed by atoms with Crippen LogP contribution in [-0.4, -0.2) is 26.3 Å². The number of nitrogens with one attached hydrogen (secondary N) is 1. The lowest BCUT2D eigenvalue weighted by Crippen LogP contribution is -2.31. The van der Waals surface area contributed by atoms with Crippen molar-refractivity contribution in [2.24, 2.45) is 18.9 Å². The molecule has 7 nitrogen and oxygen atoms in total. The van der Waals surface area contributed by atoms with Crippen LogP contribution < -0.4 is 10.9 Å². The second-order valence-corrected chi connectivity index (χ2v) is 6.81. The summed E-state index contributed by atoms with van der Waals surface area (Å²) in [4.78, 5) is 36.4. The van der Waals surface area contributed by atoms with Crippen molar-refractivity contribution in [3.63, 3.8) is 0 Å². The lowest BCUT2D eigenvalue weighted by atomic mass is 9.81. The fourth-order valence-corrected chi connectivity index (χ4v) is 3.54. The number of nitrogens with zero attached hydrogens (tertiary/aromatic N) is 2. The Morgan fingerprint density at radius 1 is 1.08 bits per heavy atom. The summed E-state index contributed by atoms with van der Waals surface area (Å²) in [6, 6.07) is 9.24. The molecule has 138 valence electrons. The summed E-state index contributed by atoms with van der Waals surface area (Å²) in [5.41, 5.74) is 1.41. The predicted molar refractivity (Wildman–Crippen MR) is 97.5 cm³/mol. The molecule has 1 heterocycles. The fraction of sp³-hybridized carbons (Fsp3) is 0.421. The second-order valence-electron chi connectivity index (χ2n) is 6.81. The van der Waals surface area contributed by atoms with Crippen LogP contribution in [0, 0.1) is 18.8 Å². The molecular formula is C19H23N3O4. The molecule has 0 atom stereocenters. The Bertz CT molecular complexity index is 874. The van der Waals surface area contributed by atoms with Crippen LogP contribution in [0.15, 0.2) is 35.1 Å². The van der Waals surface area contributed by atoms with Crippen molar-refractivity contribution in [2.75, 3.05) is 5.32 Å². The molecule has 0 saturated heterocycles. The largest absolute Gasteiger partial charge is 0.481 e. The van der Waals surface area contributed by atoms with Gasteiger partial charge in [-0.3, -0.25) is 19.1 Å². The summed E-state index contributed by atoms with van der Waals surface area (Å²) >= 11 is 0. The molecule has 0 bridgehead atoms. The first-order chi connectivity index (χ1) is 12.4. The van der Waals surface area contributed by atoms with Crippen LogP contribution in [0.1, 0.15) is 31.4 Å².